The van der Waals surface area contributed by atoms with E-state index in [0.717, 1.165) is 0 Å². The minimum Gasteiger partial charge on any atom is -0.508 e. The molecule has 12 nitrogen and oxygen atoms in total. The van der Waals surface area contributed by atoms with Crippen molar-refractivity contribution in [3.8, 4) is 5.75 Å². The Morgan fingerprint density at radius 1 is 1.00 bits per heavy atom. The van der Waals surface area contributed by atoms with Gasteiger partial charge in [0.25, 0.3) is 0 Å². The van der Waals surface area contributed by atoms with E-state index in [-0.39, 0.29) is 37.6 Å². The molecule has 1 fully saturated rings. The Morgan fingerprint density at radius 2 is 1.66 bits per heavy atom. The number of nitrogens with zero attached hydrogens (tertiary/aromatic N) is 1. The number of rotatable bonds is 6. The molecule has 1 aliphatic heterocycles. The molecule has 12 heteroatoms. The molecule has 174 valence electrons. The van der Waals surface area contributed by atoms with Gasteiger partial charge < -0.3 is 37.8 Å². The second-order valence-electron chi connectivity index (χ2n) is 7.45. The normalized spacial score (nSPS) is 22.3. The number of amides is 4. The minimum atomic E-state index is -1.01. The molecule has 1 heterocycles. The number of guanidine groups is 1. The summed E-state index contributed by atoms with van der Waals surface area (Å²) >= 11 is 0. The van der Waals surface area contributed by atoms with Crippen molar-refractivity contribution in [3.05, 3.63) is 29.8 Å². The zero-order chi connectivity index (χ0) is 23.7. The van der Waals surface area contributed by atoms with Crippen LogP contribution in [0.25, 0.3) is 0 Å². The molecule has 3 atom stereocenters. The van der Waals surface area contributed by atoms with Crippen LogP contribution in [-0.2, 0) is 25.6 Å². The highest BCUT2D eigenvalue weighted by molar-refractivity contribution is 5.96. The van der Waals surface area contributed by atoms with E-state index in [1.54, 1.807) is 12.1 Å². The third-order valence-electron chi connectivity index (χ3n) is 4.78. The lowest BCUT2D eigenvalue weighted by molar-refractivity contribution is -0.135. The van der Waals surface area contributed by atoms with E-state index in [1.165, 1.54) is 19.1 Å². The van der Waals surface area contributed by atoms with Gasteiger partial charge in [0, 0.05) is 13.0 Å². The van der Waals surface area contributed by atoms with E-state index < -0.39 is 41.8 Å². The molecule has 0 bridgehead atoms. The van der Waals surface area contributed by atoms with Gasteiger partial charge in [-0.3, -0.25) is 24.2 Å². The molecule has 2 rings (SSSR count). The van der Waals surface area contributed by atoms with Gasteiger partial charge >= 0.3 is 0 Å². The minimum absolute atomic E-state index is 0.0651. The maximum atomic E-state index is 13.0. The van der Waals surface area contributed by atoms with Crippen LogP contribution in [0, 0.1) is 0 Å². The van der Waals surface area contributed by atoms with Crippen molar-refractivity contribution in [1.82, 2.24) is 21.3 Å². The third-order valence-corrected chi connectivity index (χ3v) is 4.78. The number of aliphatic imine (C=N–C) groups is 1. The van der Waals surface area contributed by atoms with Gasteiger partial charge in [0.2, 0.25) is 23.6 Å². The van der Waals surface area contributed by atoms with Gasteiger partial charge in [-0.2, -0.15) is 0 Å². The molecule has 0 unspecified atom stereocenters. The van der Waals surface area contributed by atoms with Crippen molar-refractivity contribution < 1.29 is 24.3 Å². The van der Waals surface area contributed by atoms with Gasteiger partial charge in [-0.15, -0.1) is 0 Å². The van der Waals surface area contributed by atoms with Gasteiger partial charge in [-0.25, -0.2) is 0 Å². The Labute approximate surface area is 185 Å². The maximum absolute atomic E-state index is 13.0. The quantitative estimate of drug-likeness (QED) is 0.143. The molecule has 0 aromatic heterocycles. The van der Waals surface area contributed by atoms with Crippen LogP contribution in [0.2, 0.25) is 0 Å². The SMILES string of the molecule is C[C@@H]1NC(=O)CNC(=O)[C@H](Cc2ccc(O)cc2)NC(=O)[C@H](CCCN=C(N)N)NC1=O. The number of benzene rings is 1. The number of nitrogens with one attached hydrogen (secondary N) is 4. The van der Waals surface area contributed by atoms with Crippen molar-refractivity contribution in [1.29, 1.82) is 0 Å². The second-order valence-corrected chi connectivity index (χ2v) is 7.45. The topological polar surface area (TPSA) is 201 Å². The average molecular weight is 447 g/mol. The Kier molecular flexibility index (Phi) is 8.81. The third kappa shape index (κ3) is 7.78. The fraction of sp³-hybridized carbons (Fsp3) is 0.450. The van der Waals surface area contributed by atoms with Crippen LogP contribution in [0.1, 0.15) is 25.3 Å². The monoisotopic (exact) mass is 447 g/mol. The summed E-state index contributed by atoms with van der Waals surface area (Å²) in [6, 6.07) is 3.29. The number of hydrogen-bond donors (Lipinski definition) is 7. The van der Waals surface area contributed by atoms with Crippen LogP contribution < -0.4 is 32.7 Å². The molecule has 1 aromatic rings. The van der Waals surface area contributed by atoms with Gasteiger partial charge in [-0.1, -0.05) is 12.1 Å². The van der Waals surface area contributed by atoms with E-state index in [1.807, 2.05) is 0 Å². The lowest BCUT2D eigenvalue weighted by Gasteiger charge is -2.26. The van der Waals surface area contributed by atoms with E-state index in [2.05, 4.69) is 26.3 Å². The first-order valence-corrected chi connectivity index (χ1v) is 10.2. The summed E-state index contributed by atoms with van der Waals surface area (Å²) in [4.78, 5) is 54.0. The molecule has 0 spiro atoms. The summed E-state index contributed by atoms with van der Waals surface area (Å²) in [5.74, 6) is -2.21. The Balaban J connectivity index is 2.22. The van der Waals surface area contributed by atoms with Crippen LogP contribution in [0.5, 0.6) is 5.75 Å². The molecule has 32 heavy (non-hydrogen) atoms. The molecule has 4 amide bonds. The fourth-order valence-corrected chi connectivity index (χ4v) is 3.07. The van der Waals surface area contributed by atoms with E-state index in [0.29, 0.717) is 12.0 Å². The number of carbonyl (C=O) groups excluding carboxylic acids is 4. The number of phenolic OH excluding ortho intramolecular Hbond substituents is 1. The highest BCUT2D eigenvalue weighted by Gasteiger charge is 2.29. The summed E-state index contributed by atoms with van der Waals surface area (Å²) < 4.78 is 0. The summed E-state index contributed by atoms with van der Waals surface area (Å²) in [7, 11) is 0. The number of carbonyl (C=O) groups is 4. The zero-order valence-electron chi connectivity index (χ0n) is 17.8. The van der Waals surface area contributed by atoms with Gasteiger partial charge in [-0.05, 0) is 37.5 Å². The molecule has 0 aliphatic carbocycles. The molecule has 1 saturated heterocycles. The molecule has 1 aliphatic rings. The lowest BCUT2D eigenvalue weighted by atomic mass is 10.0. The predicted molar refractivity (Wildman–Crippen MR) is 116 cm³/mol. The molecule has 9 N–H and O–H groups in total. The smallest absolute Gasteiger partial charge is 0.243 e. The molecule has 0 radical (unpaired) electrons. The lowest BCUT2D eigenvalue weighted by Crippen LogP contribution is -2.59. The fourth-order valence-electron chi connectivity index (χ4n) is 3.07. The zero-order valence-corrected chi connectivity index (χ0v) is 17.8. The largest absolute Gasteiger partial charge is 0.508 e. The molecule has 1 aromatic carbocycles. The number of nitrogens with two attached hydrogens (primary N) is 2. The van der Waals surface area contributed by atoms with E-state index >= 15 is 0 Å². The van der Waals surface area contributed by atoms with Crippen LogP contribution in [0.15, 0.2) is 29.3 Å². The summed E-state index contributed by atoms with van der Waals surface area (Å²) in [5.41, 5.74) is 11.3. The summed E-state index contributed by atoms with van der Waals surface area (Å²) in [5, 5.41) is 19.7. The van der Waals surface area contributed by atoms with Crippen molar-refractivity contribution in [3.63, 3.8) is 0 Å². The highest BCUT2D eigenvalue weighted by Crippen LogP contribution is 2.12. The van der Waals surface area contributed by atoms with Crippen molar-refractivity contribution in [2.45, 2.75) is 44.3 Å². The van der Waals surface area contributed by atoms with Crippen LogP contribution in [0.4, 0.5) is 0 Å². The van der Waals surface area contributed by atoms with Gasteiger partial charge in [0.05, 0.1) is 6.54 Å². The molecule has 0 saturated carbocycles. The second kappa shape index (κ2) is 11.5. The molecular weight excluding hydrogens is 418 g/mol. The summed E-state index contributed by atoms with van der Waals surface area (Å²) in [6.07, 6.45) is 0.721. The van der Waals surface area contributed by atoms with Crippen molar-refractivity contribution in [2.24, 2.45) is 16.5 Å². The first kappa shape index (κ1) is 24.4. The number of hydrogen-bond acceptors (Lipinski definition) is 6. The predicted octanol–water partition coefficient (Wildman–Crippen LogP) is -2.41. The van der Waals surface area contributed by atoms with E-state index in [4.69, 9.17) is 11.5 Å². The summed E-state index contributed by atoms with van der Waals surface area (Å²) in [6.45, 7) is 1.38. The van der Waals surface area contributed by atoms with Crippen molar-refractivity contribution in [2.75, 3.05) is 13.1 Å². The van der Waals surface area contributed by atoms with Gasteiger partial charge in [0.1, 0.15) is 23.9 Å². The van der Waals surface area contributed by atoms with E-state index in [9.17, 15) is 24.3 Å². The first-order chi connectivity index (χ1) is 15.2. The Bertz CT molecular complexity index is 868. The van der Waals surface area contributed by atoms with Crippen molar-refractivity contribution >= 4 is 29.6 Å². The van der Waals surface area contributed by atoms with Crippen LogP contribution in [-0.4, -0.2) is 65.9 Å². The average Bonchev–Trinajstić information content (AvgIpc) is 2.74. The molecular formula is C20H29N7O5. The first-order valence-electron chi connectivity index (χ1n) is 10.2. The number of phenols is 1. The van der Waals surface area contributed by atoms with Crippen LogP contribution in [0.3, 0.4) is 0 Å². The maximum Gasteiger partial charge on any atom is 0.243 e. The highest BCUT2D eigenvalue weighted by atomic mass is 16.3. The standard InChI is InChI=1S/C20H29N7O5/c1-11-17(30)26-14(3-2-8-23-20(21)22)19(32)27-15(18(31)24-10-16(29)25-11)9-12-4-6-13(28)7-5-12/h4-7,11,14-15,28H,2-3,8-10H2,1H3,(H,24,31)(H,25,29)(H,26,30)(H,27,32)(H4,21,22,23)/t11-,14-,15-/m0/s1. The van der Waals surface area contributed by atoms with Gasteiger partial charge in [0.15, 0.2) is 5.96 Å². The van der Waals surface area contributed by atoms with Crippen LogP contribution >= 0.6 is 0 Å². The Hall–Kier alpha value is -3.83. The Morgan fingerprint density at radius 3 is 2.31 bits per heavy atom. The number of aromatic hydroxyl groups is 1.